The predicted octanol–water partition coefficient (Wildman–Crippen LogP) is 2.89. The lowest BCUT2D eigenvalue weighted by atomic mass is 10.2. The Labute approximate surface area is 150 Å². The van der Waals surface area contributed by atoms with Gasteiger partial charge in [-0.3, -0.25) is 4.79 Å². The molecule has 0 saturated carbocycles. The molecule has 3 aromatic rings. The summed E-state index contributed by atoms with van der Waals surface area (Å²) in [4.78, 5) is 18.4. The van der Waals surface area contributed by atoms with E-state index in [9.17, 15) is 4.79 Å². The molecule has 0 radical (unpaired) electrons. The summed E-state index contributed by atoms with van der Waals surface area (Å²) in [7, 11) is 3.32. The fourth-order valence-corrected chi connectivity index (χ4v) is 2.54. The van der Waals surface area contributed by atoms with Gasteiger partial charge in [0, 0.05) is 26.0 Å². The third-order valence-electron chi connectivity index (χ3n) is 4.23. The Kier molecular flexibility index (Phi) is 5.31. The number of aromatic nitrogens is 3. The van der Waals surface area contributed by atoms with Gasteiger partial charge >= 0.3 is 0 Å². The van der Waals surface area contributed by atoms with E-state index in [2.05, 4.69) is 15.3 Å². The van der Waals surface area contributed by atoms with Gasteiger partial charge in [0.15, 0.2) is 0 Å². The van der Waals surface area contributed by atoms with Crippen LogP contribution in [0.1, 0.15) is 31.0 Å². The van der Waals surface area contributed by atoms with Crippen molar-refractivity contribution in [2.24, 2.45) is 0 Å². The lowest BCUT2D eigenvalue weighted by molar-refractivity contribution is -0.131. The lowest BCUT2D eigenvalue weighted by Gasteiger charge is -2.22. The number of methoxy groups -OCH3 is 1. The van der Waals surface area contributed by atoms with Gasteiger partial charge in [-0.2, -0.15) is 4.98 Å². The smallest absolute Gasteiger partial charge is 0.227 e. The number of carbonyl (C=O) groups is 1. The summed E-state index contributed by atoms with van der Waals surface area (Å²) in [5, 5.41) is 7.85. The molecule has 0 N–H and O–H groups in total. The highest BCUT2D eigenvalue weighted by molar-refractivity contribution is 5.76. The van der Waals surface area contributed by atoms with E-state index >= 15 is 0 Å². The summed E-state index contributed by atoms with van der Waals surface area (Å²) in [6.07, 6.45) is 2.10. The van der Waals surface area contributed by atoms with E-state index in [-0.39, 0.29) is 18.4 Å². The van der Waals surface area contributed by atoms with Crippen LogP contribution in [-0.4, -0.2) is 40.3 Å². The molecule has 1 atom stereocenters. The molecule has 2 aromatic heterocycles. The number of rotatable bonds is 7. The number of carbonyl (C=O) groups excluding carboxylic acids is 1. The van der Waals surface area contributed by atoms with Gasteiger partial charge in [0.25, 0.3) is 0 Å². The van der Waals surface area contributed by atoms with Gasteiger partial charge in [-0.25, -0.2) is 0 Å². The zero-order chi connectivity index (χ0) is 18.5. The van der Waals surface area contributed by atoms with Crippen molar-refractivity contribution in [1.82, 2.24) is 20.2 Å². The molecule has 0 spiro atoms. The van der Waals surface area contributed by atoms with Crippen LogP contribution in [0, 0.1) is 0 Å². The van der Waals surface area contributed by atoms with Crippen LogP contribution in [0.2, 0.25) is 0 Å². The van der Waals surface area contributed by atoms with E-state index in [4.69, 9.17) is 13.8 Å². The maximum Gasteiger partial charge on any atom is 0.227 e. The maximum absolute atomic E-state index is 12.4. The summed E-state index contributed by atoms with van der Waals surface area (Å²) in [5.41, 5.74) is 1.45. The third-order valence-corrected chi connectivity index (χ3v) is 4.23. The zero-order valence-corrected chi connectivity index (χ0v) is 14.9. The fraction of sp³-hybridized carbons (Fsp3) is 0.333. The van der Waals surface area contributed by atoms with Crippen LogP contribution in [-0.2, 0) is 11.2 Å². The van der Waals surface area contributed by atoms with Gasteiger partial charge in [0.1, 0.15) is 17.7 Å². The minimum Gasteiger partial charge on any atom is -0.496 e. The number of nitrogens with zero attached hydrogens (tertiary/aromatic N) is 4. The topological polar surface area (TPSA) is 94.5 Å². The van der Waals surface area contributed by atoms with Crippen LogP contribution in [0.5, 0.6) is 5.75 Å². The third kappa shape index (κ3) is 3.74. The molecular weight excluding hydrogens is 336 g/mol. The molecule has 1 amide bonds. The van der Waals surface area contributed by atoms with Crippen LogP contribution in [0.3, 0.4) is 0 Å². The van der Waals surface area contributed by atoms with Crippen LogP contribution in [0.4, 0.5) is 0 Å². The first-order valence-electron chi connectivity index (χ1n) is 8.22. The summed E-state index contributed by atoms with van der Waals surface area (Å²) in [6.45, 7) is 1.89. The van der Waals surface area contributed by atoms with Gasteiger partial charge in [-0.15, -0.1) is 0 Å². The first kappa shape index (κ1) is 17.7. The highest BCUT2D eigenvalue weighted by atomic mass is 16.5. The minimum atomic E-state index is -0.173. The van der Waals surface area contributed by atoms with Crippen molar-refractivity contribution < 1.29 is 18.6 Å². The van der Waals surface area contributed by atoms with Crippen molar-refractivity contribution in [2.45, 2.75) is 25.8 Å². The summed E-state index contributed by atoms with van der Waals surface area (Å²) >= 11 is 0. The van der Waals surface area contributed by atoms with Gasteiger partial charge in [0.2, 0.25) is 17.6 Å². The summed E-state index contributed by atoms with van der Waals surface area (Å²) in [6, 6.07) is 8.99. The van der Waals surface area contributed by atoms with Crippen molar-refractivity contribution in [3.63, 3.8) is 0 Å². The quantitative estimate of drug-likeness (QED) is 0.642. The standard InChI is InChI=1S/C18H20N4O4/c1-12(14-10-11-25-20-14)22(2)17(23)9-8-16-19-18(21-26-16)13-6-4-5-7-15(13)24-3/h4-7,10-12H,8-9H2,1-3H3/t12-/m0/s1. The van der Waals surface area contributed by atoms with E-state index in [0.717, 1.165) is 5.56 Å². The van der Waals surface area contributed by atoms with Gasteiger partial charge in [-0.05, 0) is 19.1 Å². The molecule has 0 bridgehead atoms. The number of hydrogen-bond acceptors (Lipinski definition) is 7. The normalized spacial score (nSPS) is 12.0. The average molecular weight is 356 g/mol. The molecule has 26 heavy (non-hydrogen) atoms. The van der Waals surface area contributed by atoms with Crippen LogP contribution < -0.4 is 4.74 Å². The van der Waals surface area contributed by atoms with E-state index in [0.29, 0.717) is 29.6 Å². The number of ether oxygens (including phenoxy) is 1. The summed E-state index contributed by atoms with van der Waals surface area (Å²) < 4.78 is 15.4. The second kappa shape index (κ2) is 7.81. The Bertz CT molecular complexity index is 860. The van der Waals surface area contributed by atoms with E-state index in [1.165, 1.54) is 6.26 Å². The van der Waals surface area contributed by atoms with Crippen LogP contribution in [0.15, 0.2) is 45.6 Å². The van der Waals surface area contributed by atoms with Crippen molar-refractivity contribution in [3.8, 4) is 17.1 Å². The molecule has 0 aliphatic carbocycles. The molecule has 0 aliphatic rings. The van der Waals surface area contributed by atoms with Gasteiger partial charge in [0.05, 0.1) is 18.7 Å². The first-order chi connectivity index (χ1) is 12.6. The minimum absolute atomic E-state index is 0.0439. The molecular formula is C18H20N4O4. The molecule has 8 heteroatoms. The predicted molar refractivity (Wildman–Crippen MR) is 92.3 cm³/mol. The maximum atomic E-state index is 12.4. The summed E-state index contributed by atoms with van der Waals surface area (Å²) in [5.74, 6) is 1.46. The van der Waals surface area contributed by atoms with Crippen molar-refractivity contribution in [3.05, 3.63) is 48.2 Å². The number of para-hydroxylation sites is 1. The number of amides is 1. The lowest BCUT2D eigenvalue weighted by Crippen LogP contribution is -2.30. The van der Waals surface area contributed by atoms with E-state index in [1.54, 1.807) is 25.1 Å². The zero-order valence-electron chi connectivity index (χ0n) is 14.9. The molecule has 0 fully saturated rings. The average Bonchev–Trinajstić information content (AvgIpc) is 3.36. The fourth-order valence-electron chi connectivity index (χ4n) is 2.54. The monoisotopic (exact) mass is 356 g/mol. The SMILES string of the molecule is COc1ccccc1-c1noc(CCC(=O)N(C)[C@@H](C)c2ccon2)n1. The van der Waals surface area contributed by atoms with Crippen LogP contribution >= 0.6 is 0 Å². The van der Waals surface area contributed by atoms with Crippen LogP contribution in [0.25, 0.3) is 11.4 Å². The van der Waals surface area contributed by atoms with Gasteiger partial charge in [-0.1, -0.05) is 22.4 Å². The first-order valence-corrected chi connectivity index (χ1v) is 8.22. The van der Waals surface area contributed by atoms with E-state index in [1.807, 2.05) is 31.2 Å². The Balaban J connectivity index is 1.62. The van der Waals surface area contributed by atoms with Crippen molar-refractivity contribution in [2.75, 3.05) is 14.2 Å². The molecule has 3 rings (SSSR count). The molecule has 2 heterocycles. The molecule has 0 saturated heterocycles. The molecule has 8 nitrogen and oxygen atoms in total. The van der Waals surface area contributed by atoms with Crippen molar-refractivity contribution in [1.29, 1.82) is 0 Å². The number of benzene rings is 1. The van der Waals surface area contributed by atoms with Gasteiger partial charge < -0.3 is 18.7 Å². The molecule has 136 valence electrons. The highest BCUT2D eigenvalue weighted by Crippen LogP contribution is 2.27. The van der Waals surface area contributed by atoms with E-state index < -0.39 is 0 Å². The number of aryl methyl sites for hydroxylation is 1. The number of hydrogen-bond donors (Lipinski definition) is 0. The molecule has 0 aliphatic heterocycles. The molecule has 1 aromatic carbocycles. The molecule has 0 unspecified atom stereocenters. The Morgan fingerprint density at radius 3 is 2.81 bits per heavy atom. The Morgan fingerprint density at radius 2 is 2.08 bits per heavy atom. The largest absolute Gasteiger partial charge is 0.496 e. The second-order valence-corrected chi connectivity index (χ2v) is 5.82. The Morgan fingerprint density at radius 1 is 1.27 bits per heavy atom. The Hall–Kier alpha value is -3.16. The second-order valence-electron chi connectivity index (χ2n) is 5.82. The van der Waals surface area contributed by atoms with Crippen molar-refractivity contribution >= 4 is 5.91 Å². The highest BCUT2D eigenvalue weighted by Gasteiger charge is 2.20.